The summed E-state index contributed by atoms with van der Waals surface area (Å²) in [7, 11) is 0. The van der Waals surface area contributed by atoms with Gasteiger partial charge >= 0.3 is 0 Å². The fourth-order valence-electron chi connectivity index (χ4n) is 2.18. The van der Waals surface area contributed by atoms with Crippen LogP contribution in [-0.2, 0) is 9.47 Å². The molecule has 0 aromatic rings. The standard InChI is InChI=1S/C11H22N2O3/c14-11(13-5-9-16-10-6-13)1-2-12-3-7-15-8-4-12/h11,14H,1-10H2. The molecule has 2 saturated heterocycles. The minimum atomic E-state index is -0.313. The molecule has 2 aliphatic heterocycles. The summed E-state index contributed by atoms with van der Waals surface area (Å²) >= 11 is 0. The van der Waals surface area contributed by atoms with Gasteiger partial charge in [0.25, 0.3) is 0 Å². The van der Waals surface area contributed by atoms with Crippen LogP contribution in [0, 0.1) is 0 Å². The predicted octanol–water partition coefficient (Wildman–Crippen LogP) is -0.641. The van der Waals surface area contributed by atoms with E-state index in [1.54, 1.807) is 0 Å². The normalized spacial score (nSPS) is 26.8. The molecule has 0 aromatic carbocycles. The van der Waals surface area contributed by atoms with Crippen molar-refractivity contribution >= 4 is 0 Å². The van der Waals surface area contributed by atoms with Crippen LogP contribution in [0.3, 0.4) is 0 Å². The van der Waals surface area contributed by atoms with E-state index in [9.17, 15) is 5.11 Å². The third kappa shape index (κ3) is 3.68. The van der Waals surface area contributed by atoms with Gasteiger partial charge in [-0.25, -0.2) is 0 Å². The quantitative estimate of drug-likeness (QED) is 0.696. The first-order chi connectivity index (χ1) is 7.86. The molecule has 2 aliphatic rings. The van der Waals surface area contributed by atoms with E-state index in [0.29, 0.717) is 0 Å². The van der Waals surface area contributed by atoms with Gasteiger partial charge in [-0.2, -0.15) is 0 Å². The van der Waals surface area contributed by atoms with Crippen molar-refractivity contribution < 1.29 is 14.6 Å². The van der Waals surface area contributed by atoms with Gasteiger partial charge in [0.2, 0.25) is 0 Å². The van der Waals surface area contributed by atoms with Gasteiger partial charge in [0, 0.05) is 32.7 Å². The first-order valence-corrected chi connectivity index (χ1v) is 6.16. The zero-order chi connectivity index (χ0) is 11.2. The van der Waals surface area contributed by atoms with E-state index in [4.69, 9.17) is 9.47 Å². The maximum atomic E-state index is 10.0. The molecule has 0 aromatic heterocycles. The molecule has 0 aliphatic carbocycles. The summed E-state index contributed by atoms with van der Waals surface area (Å²) < 4.78 is 10.6. The Labute approximate surface area is 96.9 Å². The number of aliphatic hydroxyl groups is 1. The maximum Gasteiger partial charge on any atom is 0.108 e. The molecule has 0 amide bonds. The van der Waals surface area contributed by atoms with Crippen molar-refractivity contribution in [1.29, 1.82) is 0 Å². The molecule has 1 N–H and O–H groups in total. The van der Waals surface area contributed by atoms with Crippen LogP contribution in [0.5, 0.6) is 0 Å². The third-order valence-corrected chi connectivity index (χ3v) is 3.27. The lowest BCUT2D eigenvalue weighted by Gasteiger charge is -2.33. The average Bonchev–Trinajstić information content (AvgIpc) is 2.38. The van der Waals surface area contributed by atoms with E-state index >= 15 is 0 Å². The van der Waals surface area contributed by atoms with E-state index < -0.39 is 0 Å². The van der Waals surface area contributed by atoms with E-state index in [2.05, 4.69) is 9.80 Å². The lowest BCUT2D eigenvalue weighted by molar-refractivity contribution is -0.0672. The summed E-state index contributed by atoms with van der Waals surface area (Å²) in [6, 6.07) is 0. The summed E-state index contributed by atoms with van der Waals surface area (Å²) in [4.78, 5) is 4.46. The molecule has 0 bridgehead atoms. The number of morpholine rings is 2. The Morgan fingerprint density at radius 1 is 0.938 bits per heavy atom. The molecule has 94 valence electrons. The average molecular weight is 230 g/mol. The Kier molecular flexibility index (Phi) is 4.99. The Morgan fingerprint density at radius 3 is 2.12 bits per heavy atom. The lowest BCUT2D eigenvalue weighted by Crippen LogP contribution is -2.45. The minimum Gasteiger partial charge on any atom is -0.379 e. The molecular weight excluding hydrogens is 208 g/mol. The zero-order valence-corrected chi connectivity index (χ0v) is 9.81. The molecule has 0 spiro atoms. The monoisotopic (exact) mass is 230 g/mol. The Morgan fingerprint density at radius 2 is 1.50 bits per heavy atom. The van der Waals surface area contributed by atoms with Gasteiger partial charge in [-0.15, -0.1) is 0 Å². The van der Waals surface area contributed by atoms with E-state index in [1.165, 1.54) is 0 Å². The summed E-state index contributed by atoms with van der Waals surface area (Å²) in [6.45, 7) is 7.80. The molecule has 5 nitrogen and oxygen atoms in total. The van der Waals surface area contributed by atoms with E-state index in [1.807, 2.05) is 0 Å². The SMILES string of the molecule is OC(CCN1CCOCC1)N1CCOCC1. The fourth-order valence-corrected chi connectivity index (χ4v) is 2.18. The molecule has 16 heavy (non-hydrogen) atoms. The van der Waals surface area contributed by atoms with Gasteiger partial charge < -0.3 is 14.6 Å². The molecule has 2 fully saturated rings. The molecule has 2 rings (SSSR count). The summed E-state index contributed by atoms with van der Waals surface area (Å²) in [6.07, 6.45) is 0.506. The second-order valence-electron chi connectivity index (χ2n) is 4.37. The van der Waals surface area contributed by atoms with Crippen molar-refractivity contribution in [2.45, 2.75) is 12.6 Å². The molecule has 0 radical (unpaired) electrons. The van der Waals surface area contributed by atoms with Crippen LogP contribution >= 0.6 is 0 Å². The van der Waals surface area contributed by atoms with E-state index in [-0.39, 0.29) is 6.23 Å². The zero-order valence-electron chi connectivity index (χ0n) is 9.81. The van der Waals surface area contributed by atoms with Crippen LogP contribution in [0.25, 0.3) is 0 Å². The number of nitrogens with zero attached hydrogens (tertiary/aromatic N) is 2. The van der Waals surface area contributed by atoms with Crippen LogP contribution < -0.4 is 0 Å². The number of ether oxygens (including phenoxy) is 2. The number of hydrogen-bond donors (Lipinski definition) is 1. The van der Waals surface area contributed by atoms with Gasteiger partial charge in [-0.3, -0.25) is 9.80 Å². The van der Waals surface area contributed by atoms with Crippen LogP contribution in [0.1, 0.15) is 6.42 Å². The highest BCUT2D eigenvalue weighted by Crippen LogP contribution is 2.07. The Bertz CT molecular complexity index is 192. The Hall–Kier alpha value is -0.200. The van der Waals surface area contributed by atoms with Gasteiger partial charge in [0.1, 0.15) is 6.23 Å². The third-order valence-electron chi connectivity index (χ3n) is 3.27. The molecule has 0 saturated carbocycles. The fraction of sp³-hybridized carbons (Fsp3) is 1.00. The highest BCUT2D eigenvalue weighted by Gasteiger charge is 2.19. The van der Waals surface area contributed by atoms with Crippen molar-refractivity contribution in [2.24, 2.45) is 0 Å². The molecule has 5 heteroatoms. The second-order valence-corrected chi connectivity index (χ2v) is 4.37. The number of hydrogen-bond acceptors (Lipinski definition) is 5. The summed E-state index contributed by atoms with van der Waals surface area (Å²) in [5.74, 6) is 0. The molecular formula is C11H22N2O3. The van der Waals surface area contributed by atoms with E-state index in [0.717, 1.165) is 65.6 Å². The second kappa shape index (κ2) is 6.51. The van der Waals surface area contributed by atoms with Crippen LogP contribution in [0.15, 0.2) is 0 Å². The largest absolute Gasteiger partial charge is 0.379 e. The van der Waals surface area contributed by atoms with Crippen molar-refractivity contribution in [3.8, 4) is 0 Å². The van der Waals surface area contributed by atoms with Gasteiger partial charge in [0.05, 0.1) is 26.4 Å². The topological polar surface area (TPSA) is 45.2 Å². The van der Waals surface area contributed by atoms with Crippen molar-refractivity contribution in [2.75, 3.05) is 59.2 Å². The highest BCUT2D eigenvalue weighted by atomic mass is 16.5. The van der Waals surface area contributed by atoms with Crippen LogP contribution in [0.4, 0.5) is 0 Å². The van der Waals surface area contributed by atoms with Crippen molar-refractivity contribution in [3.63, 3.8) is 0 Å². The number of rotatable bonds is 4. The van der Waals surface area contributed by atoms with Gasteiger partial charge in [0.15, 0.2) is 0 Å². The summed E-state index contributed by atoms with van der Waals surface area (Å²) in [5.41, 5.74) is 0. The number of aliphatic hydroxyl groups excluding tert-OH is 1. The Balaban J connectivity index is 1.63. The van der Waals surface area contributed by atoms with Crippen molar-refractivity contribution in [3.05, 3.63) is 0 Å². The van der Waals surface area contributed by atoms with Crippen LogP contribution in [0.2, 0.25) is 0 Å². The highest BCUT2D eigenvalue weighted by molar-refractivity contribution is 4.69. The lowest BCUT2D eigenvalue weighted by atomic mass is 10.2. The first kappa shape index (κ1) is 12.3. The molecule has 2 heterocycles. The van der Waals surface area contributed by atoms with Gasteiger partial charge in [-0.1, -0.05) is 0 Å². The first-order valence-electron chi connectivity index (χ1n) is 6.16. The molecule has 1 unspecified atom stereocenters. The van der Waals surface area contributed by atoms with Crippen LogP contribution in [-0.4, -0.2) is 80.3 Å². The van der Waals surface area contributed by atoms with Gasteiger partial charge in [-0.05, 0) is 6.42 Å². The minimum absolute atomic E-state index is 0.313. The summed E-state index contributed by atoms with van der Waals surface area (Å²) in [5, 5.41) is 10.0. The predicted molar refractivity (Wildman–Crippen MR) is 60.3 cm³/mol. The maximum absolute atomic E-state index is 10.0. The molecule has 1 atom stereocenters. The van der Waals surface area contributed by atoms with Crippen molar-refractivity contribution in [1.82, 2.24) is 9.80 Å². The smallest absolute Gasteiger partial charge is 0.108 e.